The van der Waals surface area contributed by atoms with Gasteiger partial charge in [0.1, 0.15) is 5.82 Å². The van der Waals surface area contributed by atoms with Crippen LogP contribution in [0.4, 0.5) is 11.5 Å². The Balaban J connectivity index is 2.21. The van der Waals surface area contributed by atoms with Crippen LogP contribution in [0, 0.1) is 13.8 Å². The number of rotatable bonds is 3. The van der Waals surface area contributed by atoms with Crippen molar-refractivity contribution in [2.75, 3.05) is 10.7 Å². The molecule has 0 aliphatic carbocycles. The van der Waals surface area contributed by atoms with Crippen LogP contribution in [0.2, 0.25) is 0 Å². The molecule has 0 radical (unpaired) electrons. The highest BCUT2D eigenvalue weighted by molar-refractivity contribution is 9.10. The van der Waals surface area contributed by atoms with Gasteiger partial charge in [-0.15, -0.1) is 0 Å². The van der Waals surface area contributed by atoms with E-state index in [0.29, 0.717) is 11.4 Å². The smallest absolute Gasteiger partial charge is 0.257 e. The minimum atomic E-state index is -0.194. The molecular formula is C14H15BrN4O. The molecular weight excluding hydrogens is 320 g/mol. The van der Waals surface area contributed by atoms with Crippen molar-refractivity contribution in [2.45, 2.75) is 13.8 Å². The van der Waals surface area contributed by atoms with Gasteiger partial charge in [-0.2, -0.15) is 0 Å². The van der Waals surface area contributed by atoms with E-state index in [1.165, 1.54) is 0 Å². The van der Waals surface area contributed by atoms with Gasteiger partial charge in [-0.25, -0.2) is 4.98 Å². The van der Waals surface area contributed by atoms with Gasteiger partial charge in [0.15, 0.2) is 0 Å². The van der Waals surface area contributed by atoms with Crippen molar-refractivity contribution in [1.82, 2.24) is 4.98 Å². The molecule has 104 valence electrons. The van der Waals surface area contributed by atoms with Gasteiger partial charge in [0.2, 0.25) is 0 Å². The average Bonchev–Trinajstić information content (AvgIpc) is 2.42. The van der Waals surface area contributed by atoms with Crippen LogP contribution in [-0.4, -0.2) is 10.9 Å². The fourth-order valence-corrected chi connectivity index (χ4v) is 2.02. The molecule has 0 unspecified atom stereocenters. The normalized spacial score (nSPS) is 10.2. The van der Waals surface area contributed by atoms with Gasteiger partial charge in [-0.05, 0) is 65.2 Å². The highest BCUT2D eigenvalue weighted by atomic mass is 79.9. The number of aromatic nitrogens is 1. The third kappa shape index (κ3) is 3.15. The number of nitrogen functional groups attached to an aromatic ring is 1. The maximum absolute atomic E-state index is 12.2. The molecule has 6 heteroatoms. The first-order valence-electron chi connectivity index (χ1n) is 6.02. The fourth-order valence-electron chi connectivity index (χ4n) is 1.80. The highest BCUT2D eigenvalue weighted by Gasteiger charge is 2.10. The van der Waals surface area contributed by atoms with Crippen LogP contribution >= 0.6 is 15.9 Å². The van der Waals surface area contributed by atoms with Crippen molar-refractivity contribution < 1.29 is 4.79 Å². The summed E-state index contributed by atoms with van der Waals surface area (Å²) in [5, 5.41) is 2.78. The van der Waals surface area contributed by atoms with Gasteiger partial charge in [-0.3, -0.25) is 10.6 Å². The lowest BCUT2D eigenvalue weighted by atomic mass is 10.1. The van der Waals surface area contributed by atoms with E-state index in [2.05, 4.69) is 31.7 Å². The van der Waals surface area contributed by atoms with Crippen LogP contribution in [0.1, 0.15) is 21.5 Å². The molecule has 0 aliphatic rings. The first-order chi connectivity index (χ1) is 9.51. The molecule has 1 aromatic heterocycles. The van der Waals surface area contributed by atoms with Gasteiger partial charge < -0.3 is 10.7 Å². The molecule has 0 fully saturated rings. The molecule has 1 heterocycles. The van der Waals surface area contributed by atoms with E-state index in [0.717, 1.165) is 21.3 Å². The third-order valence-corrected chi connectivity index (χ3v) is 3.76. The first-order valence-corrected chi connectivity index (χ1v) is 6.81. The molecule has 1 amide bonds. The van der Waals surface area contributed by atoms with E-state index < -0.39 is 0 Å². The van der Waals surface area contributed by atoms with Crippen molar-refractivity contribution in [1.29, 1.82) is 0 Å². The first kappa shape index (κ1) is 14.5. The number of hydrogen-bond donors (Lipinski definition) is 3. The molecule has 4 N–H and O–H groups in total. The molecule has 0 bridgehead atoms. The van der Waals surface area contributed by atoms with E-state index in [1.807, 2.05) is 26.0 Å². The van der Waals surface area contributed by atoms with Gasteiger partial charge in [-0.1, -0.05) is 0 Å². The minimum absolute atomic E-state index is 0.194. The summed E-state index contributed by atoms with van der Waals surface area (Å²) in [5.74, 6) is 5.66. The van der Waals surface area contributed by atoms with Crippen LogP contribution in [0.15, 0.2) is 34.9 Å². The standard InChI is InChI=1S/C14H15BrN4O/c1-8-5-10(19-16)3-4-11(8)14(20)18-13-6-9(2)12(15)7-17-13/h3-7,19H,16H2,1-2H3,(H,17,18,20). The van der Waals surface area contributed by atoms with E-state index in [1.54, 1.807) is 18.3 Å². The number of pyridine rings is 1. The Hall–Kier alpha value is -1.92. The summed E-state index contributed by atoms with van der Waals surface area (Å²) in [6.45, 7) is 3.80. The summed E-state index contributed by atoms with van der Waals surface area (Å²) in [6.07, 6.45) is 1.67. The topological polar surface area (TPSA) is 80.0 Å². The van der Waals surface area contributed by atoms with Gasteiger partial charge in [0.25, 0.3) is 5.91 Å². The number of benzene rings is 1. The molecule has 0 saturated carbocycles. The summed E-state index contributed by atoms with van der Waals surface area (Å²) in [7, 11) is 0. The van der Waals surface area contributed by atoms with Crippen LogP contribution in [0.3, 0.4) is 0 Å². The Bertz CT molecular complexity index is 658. The quantitative estimate of drug-likeness (QED) is 0.595. The number of hydrazine groups is 1. The summed E-state index contributed by atoms with van der Waals surface area (Å²) >= 11 is 3.37. The van der Waals surface area contributed by atoms with E-state index in [-0.39, 0.29) is 5.91 Å². The zero-order valence-corrected chi connectivity index (χ0v) is 12.8. The molecule has 0 aliphatic heterocycles. The second-order valence-electron chi connectivity index (χ2n) is 4.45. The van der Waals surface area contributed by atoms with Crippen LogP contribution in [-0.2, 0) is 0 Å². The van der Waals surface area contributed by atoms with E-state index in [4.69, 9.17) is 5.84 Å². The maximum Gasteiger partial charge on any atom is 0.257 e. The molecule has 0 saturated heterocycles. The predicted octanol–water partition coefficient (Wildman–Crippen LogP) is 3.00. The van der Waals surface area contributed by atoms with E-state index in [9.17, 15) is 4.79 Å². The van der Waals surface area contributed by atoms with Crippen molar-refractivity contribution in [2.24, 2.45) is 5.84 Å². The number of nitrogens with one attached hydrogen (secondary N) is 2. The fraction of sp³-hybridized carbons (Fsp3) is 0.143. The molecule has 5 nitrogen and oxygen atoms in total. The number of hydrogen-bond acceptors (Lipinski definition) is 4. The summed E-state index contributed by atoms with van der Waals surface area (Å²) in [6, 6.07) is 7.11. The van der Waals surface area contributed by atoms with Crippen LogP contribution in [0.5, 0.6) is 0 Å². The summed E-state index contributed by atoms with van der Waals surface area (Å²) in [5.41, 5.74) is 5.75. The largest absolute Gasteiger partial charge is 0.324 e. The number of halogens is 1. The van der Waals surface area contributed by atoms with Gasteiger partial charge >= 0.3 is 0 Å². The number of carbonyl (C=O) groups is 1. The Morgan fingerprint density at radius 1 is 1.25 bits per heavy atom. The lowest BCUT2D eigenvalue weighted by molar-refractivity contribution is 0.102. The minimum Gasteiger partial charge on any atom is -0.324 e. The van der Waals surface area contributed by atoms with Crippen molar-refractivity contribution in [3.8, 4) is 0 Å². The Kier molecular flexibility index (Phi) is 4.36. The number of nitrogens with two attached hydrogens (primary N) is 1. The summed E-state index contributed by atoms with van der Waals surface area (Å²) < 4.78 is 0.907. The molecule has 1 aromatic carbocycles. The molecule has 2 aromatic rings. The average molecular weight is 335 g/mol. The Morgan fingerprint density at radius 2 is 2.00 bits per heavy atom. The third-order valence-electron chi connectivity index (χ3n) is 2.93. The highest BCUT2D eigenvalue weighted by Crippen LogP contribution is 2.19. The Morgan fingerprint density at radius 3 is 2.60 bits per heavy atom. The van der Waals surface area contributed by atoms with Crippen LogP contribution in [0.25, 0.3) is 0 Å². The number of anilines is 2. The molecule has 2 rings (SSSR count). The SMILES string of the molecule is Cc1cc(NC(=O)c2ccc(NN)cc2C)ncc1Br. The molecule has 0 atom stereocenters. The number of aryl methyl sites for hydroxylation is 2. The van der Waals surface area contributed by atoms with E-state index >= 15 is 0 Å². The molecule has 0 spiro atoms. The lowest BCUT2D eigenvalue weighted by Gasteiger charge is -2.09. The summed E-state index contributed by atoms with van der Waals surface area (Å²) in [4.78, 5) is 16.4. The van der Waals surface area contributed by atoms with Gasteiger partial charge in [0, 0.05) is 21.9 Å². The number of amides is 1. The Labute approximate surface area is 125 Å². The predicted molar refractivity (Wildman–Crippen MR) is 83.6 cm³/mol. The van der Waals surface area contributed by atoms with Crippen LogP contribution < -0.4 is 16.6 Å². The monoisotopic (exact) mass is 334 g/mol. The van der Waals surface area contributed by atoms with Crippen molar-refractivity contribution >= 4 is 33.3 Å². The molecule has 20 heavy (non-hydrogen) atoms. The lowest BCUT2D eigenvalue weighted by Crippen LogP contribution is -2.15. The van der Waals surface area contributed by atoms with Crippen molar-refractivity contribution in [3.05, 3.63) is 51.6 Å². The second kappa shape index (κ2) is 6.02. The van der Waals surface area contributed by atoms with Crippen molar-refractivity contribution in [3.63, 3.8) is 0 Å². The second-order valence-corrected chi connectivity index (χ2v) is 5.30. The zero-order chi connectivity index (χ0) is 14.7. The van der Waals surface area contributed by atoms with Gasteiger partial charge in [0.05, 0.1) is 0 Å². The number of carbonyl (C=O) groups excluding carboxylic acids is 1. The zero-order valence-electron chi connectivity index (χ0n) is 11.2. The maximum atomic E-state index is 12.2. The number of nitrogens with zero attached hydrogens (tertiary/aromatic N) is 1.